The third-order valence-corrected chi connectivity index (χ3v) is 6.50. The van der Waals surface area contributed by atoms with Gasteiger partial charge in [-0.3, -0.25) is 4.79 Å². The summed E-state index contributed by atoms with van der Waals surface area (Å²) in [5.74, 6) is -0.976. The van der Waals surface area contributed by atoms with Gasteiger partial charge in [-0.2, -0.15) is 0 Å². The van der Waals surface area contributed by atoms with Crippen molar-refractivity contribution in [2.24, 2.45) is 0 Å². The summed E-state index contributed by atoms with van der Waals surface area (Å²) in [6.45, 7) is 5.44. The largest absolute Gasteiger partial charge is 0.460 e. The van der Waals surface area contributed by atoms with Crippen LogP contribution >= 0.6 is 23.2 Å². The molecule has 1 N–H and O–H groups in total. The molecule has 6 heteroatoms. The molecule has 4 nitrogen and oxygen atoms in total. The minimum absolute atomic E-state index is 0.00552. The van der Waals surface area contributed by atoms with Crippen molar-refractivity contribution in [3.05, 3.63) is 92.2 Å². The maximum atomic E-state index is 13.5. The molecule has 0 unspecified atom stereocenters. The van der Waals surface area contributed by atoms with Gasteiger partial charge in [0.1, 0.15) is 0 Å². The standard InChI is InChI=1S/C26H25Cl2NO3/c1-14(2)32-26(31)23-15(3)29-21-11-17(16-7-5-4-6-8-16)12-22(30)25(21)24(23)19-10-9-18(27)13-20(19)28/h4-10,13-14,17,24,29H,11-12H2,1-3H3/t17-,24+/m1/s1. The zero-order chi connectivity index (χ0) is 23.0. The summed E-state index contributed by atoms with van der Waals surface area (Å²) in [6.07, 6.45) is 0.762. The van der Waals surface area contributed by atoms with Crippen LogP contribution in [0.2, 0.25) is 10.0 Å². The summed E-state index contributed by atoms with van der Waals surface area (Å²) in [4.78, 5) is 26.7. The number of carbonyl (C=O) groups excluding carboxylic acids is 2. The van der Waals surface area contributed by atoms with Gasteiger partial charge in [-0.05, 0) is 56.4 Å². The highest BCUT2D eigenvalue weighted by Gasteiger charge is 2.42. The highest BCUT2D eigenvalue weighted by atomic mass is 35.5. The van der Waals surface area contributed by atoms with Gasteiger partial charge in [-0.1, -0.05) is 59.6 Å². The second kappa shape index (κ2) is 9.13. The highest BCUT2D eigenvalue weighted by molar-refractivity contribution is 6.35. The average molecular weight is 470 g/mol. The Hall–Kier alpha value is -2.56. The molecule has 2 aromatic carbocycles. The molecule has 4 rings (SSSR count). The summed E-state index contributed by atoms with van der Waals surface area (Å²) in [6, 6.07) is 15.2. The molecule has 0 spiro atoms. The van der Waals surface area contributed by atoms with Crippen molar-refractivity contribution < 1.29 is 14.3 Å². The number of ether oxygens (including phenoxy) is 1. The third-order valence-electron chi connectivity index (χ3n) is 5.93. The second-order valence-electron chi connectivity index (χ2n) is 8.55. The average Bonchev–Trinajstić information content (AvgIpc) is 2.72. The van der Waals surface area contributed by atoms with E-state index in [4.69, 9.17) is 27.9 Å². The van der Waals surface area contributed by atoms with E-state index < -0.39 is 11.9 Å². The lowest BCUT2D eigenvalue weighted by molar-refractivity contribution is -0.143. The smallest absolute Gasteiger partial charge is 0.337 e. The number of halogens is 2. The Balaban J connectivity index is 1.83. The number of benzene rings is 2. The lowest BCUT2D eigenvalue weighted by atomic mass is 9.71. The first kappa shape index (κ1) is 22.6. The van der Waals surface area contributed by atoms with Crippen LogP contribution in [0.25, 0.3) is 0 Å². The Morgan fingerprint density at radius 3 is 2.47 bits per heavy atom. The lowest BCUT2D eigenvalue weighted by Crippen LogP contribution is -2.36. The van der Waals surface area contributed by atoms with Gasteiger partial charge >= 0.3 is 5.97 Å². The van der Waals surface area contributed by atoms with Crippen LogP contribution in [0.15, 0.2) is 71.1 Å². The van der Waals surface area contributed by atoms with Crippen molar-refractivity contribution >= 4 is 35.0 Å². The van der Waals surface area contributed by atoms with Crippen molar-refractivity contribution in [2.75, 3.05) is 0 Å². The fraction of sp³-hybridized carbons (Fsp3) is 0.308. The number of carbonyl (C=O) groups is 2. The molecule has 0 radical (unpaired) electrons. The maximum Gasteiger partial charge on any atom is 0.337 e. The van der Waals surface area contributed by atoms with Gasteiger partial charge in [-0.25, -0.2) is 4.79 Å². The van der Waals surface area contributed by atoms with Crippen molar-refractivity contribution in [1.82, 2.24) is 5.32 Å². The Labute approximate surface area is 198 Å². The molecular formula is C26H25Cl2NO3. The summed E-state index contributed by atoms with van der Waals surface area (Å²) < 4.78 is 5.54. The minimum Gasteiger partial charge on any atom is -0.460 e. The molecule has 0 saturated heterocycles. The first-order chi connectivity index (χ1) is 15.3. The van der Waals surface area contributed by atoms with E-state index in [-0.39, 0.29) is 17.8 Å². The fourth-order valence-corrected chi connectivity index (χ4v) is 5.11. The molecule has 166 valence electrons. The van der Waals surface area contributed by atoms with Crippen LogP contribution in [0.5, 0.6) is 0 Å². The molecule has 0 aromatic heterocycles. The third kappa shape index (κ3) is 4.35. The molecule has 1 aliphatic carbocycles. The van der Waals surface area contributed by atoms with Gasteiger partial charge in [0.15, 0.2) is 5.78 Å². The summed E-state index contributed by atoms with van der Waals surface area (Å²) in [7, 11) is 0. The maximum absolute atomic E-state index is 13.5. The lowest BCUT2D eigenvalue weighted by Gasteiger charge is -2.37. The summed E-state index contributed by atoms with van der Waals surface area (Å²) in [5.41, 5.74) is 4.31. The number of dihydropyridines is 1. The van der Waals surface area contributed by atoms with Crippen LogP contribution in [0.3, 0.4) is 0 Å². The molecule has 0 saturated carbocycles. The second-order valence-corrected chi connectivity index (χ2v) is 9.39. The SMILES string of the molecule is CC1=C(C(=O)OC(C)C)[C@H](c2ccc(Cl)cc2Cl)C2=C(C[C@@H](c3ccccc3)CC2=O)N1. The van der Waals surface area contributed by atoms with Gasteiger partial charge in [0.25, 0.3) is 0 Å². The topological polar surface area (TPSA) is 55.4 Å². The van der Waals surface area contributed by atoms with E-state index in [1.807, 2.05) is 37.3 Å². The number of allylic oxidation sites excluding steroid dienone is 3. The quantitative estimate of drug-likeness (QED) is 0.533. The van der Waals surface area contributed by atoms with E-state index in [1.165, 1.54) is 0 Å². The van der Waals surface area contributed by atoms with E-state index in [9.17, 15) is 9.59 Å². The van der Waals surface area contributed by atoms with Crippen LogP contribution in [0.1, 0.15) is 56.6 Å². The molecule has 2 aliphatic rings. The molecule has 0 bridgehead atoms. The van der Waals surface area contributed by atoms with Crippen LogP contribution in [0, 0.1) is 0 Å². The number of hydrogen-bond acceptors (Lipinski definition) is 4. The van der Waals surface area contributed by atoms with Gasteiger partial charge in [0.05, 0.1) is 11.7 Å². The van der Waals surface area contributed by atoms with E-state index in [1.54, 1.807) is 32.0 Å². The van der Waals surface area contributed by atoms with Crippen molar-refractivity contribution in [2.45, 2.75) is 51.6 Å². The van der Waals surface area contributed by atoms with E-state index in [2.05, 4.69) is 5.32 Å². The van der Waals surface area contributed by atoms with Gasteiger partial charge in [-0.15, -0.1) is 0 Å². The van der Waals surface area contributed by atoms with Gasteiger partial charge < -0.3 is 10.1 Å². The minimum atomic E-state index is -0.605. The fourth-order valence-electron chi connectivity index (χ4n) is 4.59. The molecule has 0 amide bonds. The van der Waals surface area contributed by atoms with Crippen LogP contribution < -0.4 is 5.32 Å². The normalized spacial score (nSPS) is 20.9. The van der Waals surface area contributed by atoms with Gasteiger partial charge in [0, 0.05) is 39.4 Å². The number of Topliss-reactive ketones (excluding diaryl/α,β-unsaturated/α-hetero) is 1. The summed E-state index contributed by atoms with van der Waals surface area (Å²) in [5, 5.41) is 4.26. The molecule has 32 heavy (non-hydrogen) atoms. The van der Waals surface area contributed by atoms with E-state index >= 15 is 0 Å². The van der Waals surface area contributed by atoms with Crippen LogP contribution in [-0.2, 0) is 14.3 Å². The molecule has 2 atom stereocenters. The predicted molar refractivity (Wildman–Crippen MR) is 127 cm³/mol. The zero-order valence-corrected chi connectivity index (χ0v) is 19.8. The number of hydrogen-bond donors (Lipinski definition) is 1. The molecule has 1 heterocycles. The Kier molecular flexibility index (Phi) is 6.45. The zero-order valence-electron chi connectivity index (χ0n) is 18.2. The first-order valence-corrected chi connectivity index (χ1v) is 11.5. The van der Waals surface area contributed by atoms with E-state index in [0.29, 0.717) is 45.3 Å². The van der Waals surface area contributed by atoms with E-state index in [0.717, 1.165) is 11.3 Å². The van der Waals surface area contributed by atoms with Crippen LogP contribution in [0.4, 0.5) is 0 Å². The van der Waals surface area contributed by atoms with Crippen molar-refractivity contribution in [3.63, 3.8) is 0 Å². The first-order valence-electron chi connectivity index (χ1n) is 10.7. The number of ketones is 1. The Morgan fingerprint density at radius 2 is 1.81 bits per heavy atom. The molecule has 1 aliphatic heterocycles. The van der Waals surface area contributed by atoms with Crippen molar-refractivity contribution in [3.8, 4) is 0 Å². The number of rotatable bonds is 4. The number of nitrogens with one attached hydrogen (secondary N) is 1. The summed E-state index contributed by atoms with van der Waals surface area (Å²) >= 11 is 12.7. The van der Waals surface area contributed by atoms with Crippen molar-refractivity contribution in [1.29, 1.82) is 0 Å². The van der Waals surface area contributed by atoms with Gasteiger partial charge in [0.2, 0.25) is 0 Å². The monoisotopic (exact) mass is 469 g/mol. The van der Waals surface area contributed by atoms with Crippen LogP contribution in [-0.4, -0.2) is 17.9 Å². The Bertz CT molecular complexity index is 1140. The molecule has 0 fully saturated rings. The number of esters is 1. The Morgan fingerprint density at radius 1 is 1.09 bits per heavy atom. The highest BCUT2D eigenvalue weighted by Crippen LogP contribution is 2.47. The molecule has 2 aromatic rings. The predicted octanol–water partition coefficient (Wildman–Crippen LogP) is 6.31. The molecular weight excluding hydrogens is 445 g/mol.